The van der Waals surface area contributed by atoms with Gasteiger partial charge in [-0.15, -0.1) is 10.2 Å². The number of hydrogen-bond acceptors (Lipinski definition) is 5. The molecule has 0 radical (unpaired) electrons. The summed E-state index contributed by atoms with van der Waals surface area (Å²) in [5.41, 5.74) is 6.73. The van der Waals surface area contributed by atoms with Crippen LogP contribution in [0.25, 0.3) is 0 Å². The predicted octanol–water partition coefficient (Wildman–Crippen LogP) is 0.297. The van der Waals surface area contributed by atoms with E-state index in [9.17, 15) is 4.79 Å². The molecule has 2 heterocycles. The molecule has 0 saturated heterocycles. The van der Waals surface area contributed by atoms with Gasteiger partial charge in [-0.05, 0) is 31.5 Å². The van der Waals surface area contributed by atoms with Crippen LogP contribution in [-0.2, 0) is 0 Å². The maximum Gasteiger partial charge on any atom is 0.269 e. The topological polar surface area (TPSA) is 92.9 Å². The van der Waals surface area contributed by atoms with Crippen LogP contribution in [0, 0.1) is 0 Å². The number of nitrogens with zero attached hydrogens (tertiary/aromatic N) is 2. The number of anilines is 1. The molecule has 0 spiro atoms. The van der Waals surface area contributed by atoms with Crippen molar-refractivity contribution in [2.75, 3.05) is 25.0 Å². The van der Waals surface area contributed by atoms with E-state index in [4.69, 9.17) is 5.73 Å². The average Bonchev–Trinajstić information content (AvgIpc) is 2.40. The lowest BCUT2D eigenvalue weighted by Gasteiger charge is -2.14. The molecule has 1 aromatic heterocycles. The van der Waals surface area contributed by atoms with Crippen molar-refractivity contribution < 1.29 is 4.79 Å². The van der Waals surface area contributed by atoms with Gasteiger partial charge < -0.3 is 16.4 Å². The lowest BCUT2D eigenvalue weighted by atomic mass is 10.1. The number of nitrogens with two attached hydrogens (primary N) is 1. The predicted molar refractivity (Wildman–Crippen MR) is 69.2 cm³/mol. The Bertz CT molecular complexity index is 440. The van der Waals surface area contributed by atoms with Crippen molar-refractivity contribution >= 4 is 11.7 Å². The fourth-order valence-electron chi connectivity index (χ4n) is 1.81. The zero-order valence-electron chi connectivity index (χ0n) is 10.1. The Labute approximate surface area is 106 Å². The largest absolute Gasteiger partial charge is 0.368 e. The molecule has 0 atom stereocenters. The Morgan fingerprint density at radius 3 is 2.94 bits per heavy atom. The number of primary amides is 1. The Kier molecular flexibility index (Phi) is 4.25. The summed E-state index contributed by atoms with van der Waals surface area (Å²) < 4.78 is 0. The van der Waals surface area contributed by atoms with E-state index in [0.29, 0.717) is 5.82 Å². The van der Waals surface area contributed by atoms with Crippen LogP contribution in [0.5, 0.6) is 0 Å². The van der Waals surface area contributed by atoms with Gasteiger partial charge in [-0.3, -0.25) is 4.79 Å². The standard InChI is InChI=1S/C12H17N5O/c13-12(18)10-1-2-11(17-16-10)15-8-5-9-3-6-14-7-4-9/h1-3,14H,4-8H2,(H2,13,18)(H,15,17). The summed E-state index contributed by atoms with van der Waals surface area (Å²) in [5.74, 6) is 0.100. The molecule has 1 amide bonds. The van der Waals surface area contributed by atoms with Gasteiger partial charge in [-0.2, -0.15) is 0 Å². The number of aromatic nitrogens is 2. The molecule has 6 heteroatoms. The number of hydrogen-bond donors (Lipinski definition) is 3. The molecule has 0 aliphatic carbocycles. The van der Waals surface area contributed by atoms with Crippen LogP contribution in [0.2, 0.25) is 0 Å². The summed E-state index contributed by atoms with van der Waals surface area (Å²) in [6.07, 6.45) is 4.34. The lowest BCUT2D eigenvalue weighted by molar-refractivity contribution is 0.0994. The van der Waals surface area contributed by atoms with Gasteiger partial charge in [0.25, 0.3) is 5.91 Å². The van der Waals surface area contributed by atoms with Gasteiger partial charge in [0.15, 0.2) is 5.69 Å². The van der Waals surface area contributed by atoms with Gasteiger partial charge in [0.05, 0.1) is 0 Å². The third-order valence-electron chi connectivity index (χ3n) is 2.83. The fraction of sp³-hybridized carbons (Fsp3) is 0.417. The third-order valence-corrected chi connectivity index (χ3v) is 2.83. The highest BCUT2D eigenvalue weighted by atomic mass is 16.1. The van der Waals surface area contributed by atoms with E-state index in [0.717, 1.165) is 32.5 Å². The van der Waals surface area contributed by atoms with Crippen LogP contribution in [-0.4, -0.2) is 35.7 Å². The minimum Gasteiger partial charge on any atom is -0.368 e. The first-order valence-corrected chi connectivity index (χ1v) is 6.02. The zero-order chi connectivity index (χ0) is 12.8. The van der Waals surface area contributed by atoms with E-state index in [-0.39, 0.29) is 5.69 Å². The molecule has 0 unspecified atom stereocenters. The SMILES string of the molecule is NC(=O)c1ccc(NCCC2=CCNCC2)nn1. The van der Waals surface area contributed by atoms with Crippen molar-refractivity contribution in [2.45, 2.75) is 12.8 Å². The Morgan fingerprint density at radius 2 is 2.33 bits per heavy atom. The summed E-state index contributed by atoms with van der Waals surface area (Å²) in [4.78, 5) is 10.8. The summed E-state index contributed by atoms with van der Waals surface area (Å²) in [6.45, 7) is 2.83. The first kappa shape index (κ1) is 12.5. The van der Waals surface area contributed by atoms with Crippen molar-refractivity contribution in [3.05, 3.63) is 29.5 Å². The van der Waals surface area contributed by atoms with E-state index in [1.54, 1.807) is 12.1 Å². The van der Waals surface area contributed by atoms with E-state index >= 15 is 0 Å². The van der Waals surface area contributed by atoms with E-state index < -0.39 is 5.91 Å². The fourth-order valence-corrected chi connectivity index (χ4v) is 1.81. The van der Waals surface area contributed by atoms with Crippen LogP contribution in [0.1, 0.15) is 23.3 Å². The zero-order valence-corrected chi connectivity index (χ0v) is 10.1. The van der Waals surface area contributed by atoms with Gasteiger partial charge in [0.1, 0.15) is 5.82 Å². The van der Waals surface area contributed by atoms with Gasteiger partial charge in [-0.1, -0.05) is 11.6 Å². The molecule has 6 nitrogen and oxygen atoms in total. The molecular weight excluding hydrogens is 230 g/mol. The van der Waals surface area contributed by atoms with Crippen LogP contribution < -0.4 is 16.4 Å². The molecule has 0 aromatic carbocycles. The quantitative estimate of drug-likeness (QED) is 0.651. The Balaban J connectivity index is 1.79. The third kappa shape index (κ3) is 3.53. The van der Waals surface area contributed by atoms with Crippen molar-refractivity contribution in [3.63, 3.8) is 0 Å². The molecular formula is C12H17N5O. The monoisotopic (exact) mass is 247 g/mol. The first-order valence-electron chi connectivity index (χ1n) is 6.02. The molecule has 1 aliphatic rings. The first-order chi connectivity index (χ1) is 8.75. The smallest absolute Gasteiger partial charge is 0.269 e. The maximum absolute atomic E-state index is 10.8. The van der Waals surface area contributed by atoms with Crippen LogP contribution in [0.15, 0.2) is 23.8 Å². The molecule has 18 heavy (non-hydrogen) atoms. The summed E-state index contributed by atoms with van der Waals surface area (Å²) in [7, 11) is 0. The second-order valence-corrected chi connectivity index (χ2v) is 4.16. The minimum atomic E-state index is -0.561. The second-order valence-electron chi connectivity index (χ2n) is 4.16. The average molecular weight is 247 g/mol. The summed E-state index contributed by atoms with van der Waals surface area (Å²) in [6, 6.07) is 3.28. The highest BCUT2D eigenvalue weighted by Crippen LogP contribution is 2.09. The van der Waals surface area contributed by atoms with E-state index in [1.165, 1.54) is 5.57 Å². The number of carbonyl (C=O) groups excluding carboxylic acids is 1. The Morgan fingerprint density at radius 1 is 1.44 bits per heavy atom. The number of amides is 1. The van der Waals surface area contributed by atoms with Gasteiger partial charge >= 0.3 is 0 Å². The maximum atomic E-state index is 10.8. The summed E-state index contributed by atoms with van der Waals surface area (Å²) in [5, 5.41) is 14.1. The molecule has 2 rings (SSSR count). The number of carbonyl (C=O) groups is 1. The number of rotatable bonds is 5. The molecule has 96 valence electrons. The van der Waals surface area contributed by atoms with Crippen molar-refractivity contribution in [1.82, 2.24) is 15.5 Å². The highest BCUT2D eigenvalue weighted by Gasteiger charge is 2.04. The number of nitrogens with one attached hydrogen (secondary N) is 2. The lowest BCUT2D eigenvalue weighted by Crippen LogP contribution is -2.21. The van der Waals surface area contributed by atoms with E-state index in [2.05, 4.69) is 26.9 Å². The van der Waals surface area contributed by atoms with Gasteiger partial charge in [0.2, 0.25) is 0 Å². The van der Waals surface area contributed by atoms with Crippen molar-refractivity contribution in [1.29, 1.82) is 0 Å². The normalized spacial score (nSPS) is 15.0. The molecule has 0 fully saturated rings. The van der Waals surface area contributed by atoms with E-state index in [1.807, 2.05) is 0 Å². The van der Waals surface area contributed by atoms with Gasteiger partial charge in [0, 0.05) is 13.1 Å². The second kappa shape index (κ2) is 6.11. The molecule has 0 bridgehead atoms. The van der Waals surface area contributed by atoms with Crippen LogP contribution in [0.4, 0.5) is 5.82 Å². The molecule has 1 aromatic rings. The van der Waals surface area contributed by atoms with Crippen molar-refractivity contribution in [2.24, 2.45) is 5.73 Å². The minimum absolute atomic E-state index is 0.182. The molecule has 0 saturated carbocycles. The Hall–Kier alpha value is -1.95. The molecule has 1 aliphatic heterocycles. The molecule has 4 N–H and O–H groups in total. The van der Waals surface area contributed by atoms with Crippen molar-refractivity contribution in [3.8, 4) is 0 Å². The van der Waals surface area contributed by atoms with Gasteiger partial charge in [-0.25, -0.2) is 0 Å². The summed E-state index contributed by atoms with van der Waals surface area (Å²) >= 11 is 0. The van der Waals surface area contributed by atoms with Crippen LogP contribution >= 0.6 is 0 Å². The van der Waals surface area contributed by atoms with Crippen LogP contribution in [0.3, 0.4) is 0 Å². The highest BCUT2D eigenvalue weighted by molar-refractivity contribution is 5.90.